The quantitative estimate of drug-likeness (QED) is 0.842. The predicted octanol–water partition coefficient (Wildman–Crippen LogP) is 4.46. The van der Waals surface area contributed by atoms with E-state index in [-0.39, 0.29) is 0 Å². The minimum Gasteiger partial charge on any atom is -0.309 e. The van der Waals surface area contributed by atoms with Crippen molar-refractivity contribution in [3.8, 4) is 0 Å². The SMILES string of the molecule is CC(C)c1ccc(CNC2CC2c2ccccc2)cc1. The Hall–Kier alpha value is -1.60. The van der Waals surface area contributed by atoms with Crippen molar-refractivity contribution in [3.05, 3.63) is 71.3 Å². The molecular weight excluding hydrogens is 242 g/mol. The van der Waals surface area contributed by atoms with E-state index >= 15 is 0 Å². The largest absolute Gasteiger partial charge is 0.309 e. The summed E-state index contributed by atoms with van der Waals surface area (Å²) in [6, 6.07) is 20.5. The summed E-state index contributed by atoms with van der Waals surface area (Å²) in [7, 11) is 0. The first kappa shape index (κ1) is 13.4. The van der Waals surface area contributed by atoms with Crippen LogP contribution in [0.3, 0.4) is 0 Å². The number of rotatable bonds is 5. The molecule has 2 unspecified atom stereocenters. The Balaban J connectivity index is 1.51. The molecule has 1 nitrogen and oxygen atoms in total. The van der Waals surface area contributed by atoms with Gasteiger partial charge < -0.3 is 5.32 Å². The van der Waals surface area contributed by atoms with Crippen LogP contribution in [0.1, 0.15) is 48.8 Å². The minimum absolute atomic E-state index is 0.614. The maximum atomic E-state index is 3.67. The van der Waals surface area contributed by atoms with Crippen molar-refractivity contribution in [2.24, 2.45) is 0 Å². The molecule has 1 aliphatic carbocycles. The molecule has 1 N–H and O–H groups in total. The zero-order valence-corrected chi connectivity index (χ0v) is 12.3. The Morgan fingerprint density at radius 1 is 1.00 bits per heavy atom. The zero-order chi connectivity index (χ0) is 13.9. The molecule has 0 radical (unpaired) electrons. The molecule has 104 valence electrons. The molecule has 2 aromatic rings. The molecule has 0 bridgehead atoms. The Morgan fingerprint density at radius 3 is 2.35 bits per heavy atom. The van der Waals surface area contributed by atoms with E-state index in [0.29, 0.717) is 17.9 Å². The first-order chi connectivity index (χ1) is 9.74. The van der Waals surface area contributed by atoms with Crippen molar-refractivity contribution in [3.63, 3.8) is 0 Å². The summed E-state index contributed by atoms with van der Waals surface area (Å²) in [6.45, 7) is 5.45. The van der Waals surface area contributed by atoms with E-state index in [1.165, 1.54) is 23.1 Å². The van der Waals surface area contributed by atoms with Crippen molar-refractivity contribution in [2.45, 2.75) is 44.7 Å². The van der Waals surface area contributed by atoms with E-state index in [1.54, 1.807) is 0 Å². The third-order valence-electron chi connectivity index (χ3n) is 4.23. The molecule has 3 rings (SSSR count). The smallest absolute Gasteiger partial charge is 0.0208 e. The second kappa shape index (κ2) is 5.80. The fourth-order valence-corrected chi connectivity index (χ4v) is 2.76. The van der Waals surface area contributed by atoms with Crippen LogP contribution in [-0.4, -0.2) is 6.04 Å². The summed E-state index contributed by atoms with van der Waals surface area (Å²) >= 11 is 0. The van der Waals surface area contributed by atoms with Gasteiger partial charge in [-0.05, 0) is 29.0 Å². The molecule has 1 aliphatic rings. The lowest BCUT2D eigenvalue weighted by molar-refractivity contribution is 0.672. The van der Waals surface area contributed by atoms with E-state index in [1.807, 2.05) is 0 Å². The van der Waals surface area contributed by atoms with Gasteiger partial charge in [0.15, 0.2) is 0 Å². The molecule has 1 heteroatoms. The summed E-state index contributed by atoms with van der Waals surface area (Å²) in [4.78, 5) is 0. The molecular formula is C19H23N. The summed E-state index contributed by atoms with van der Waals surface area (Å²) < 4.78 is 0. The van der Waals surface area contributed by atoms with Gasteiger partial charge in [0, 0.05) is 18.5 Å². The van der Waals surface area contributed by atoms with Gasteiger partial charge in [0.05, 0.1) is 0 Å². The third-order valence-corrected chi connectivity index (χ3v) is 4.23. The topological polar surface area (TPSA) is 12.0 Å². The van der Waals surface area contributed by atoms with Crippen molar-refractivity contribution in [1.82, 2.24) is 5.32 Å². The molecule has 1 saturated carbocycles. The van der Waals surface area contributed by atoms with Crippen LogP contribution in [0.25, 0.3) is 0 Å². The highest BCUT2D eigenvalue weighted by Crippen LogP contribution is 2.40. The molecule has 2 aromatic carbocycles. The van der Waals surface area contributed by atoms with Gasteiger partial charge in [-0.15, -0.1) is 0 Å². The summed E-state index contributed by atoms with van der Waals surface area (Å²) in [5.74, 6) is 1.33. The van der Waals surface area contributed by atoms with Crippen LogP contribution in [0.4, 0.5) is 0 Å². The fraction of sp³-hybridized carbons (Fsp3) is 0.368. The van der Waals surface area contributed by atoms with Crippen LogP contribution >= 0.6 is 0 Å². The molecule has 0 heterocycles. The molecule has 0 aliphatic heterocycles. The van der Waals surface area contributed by atoms with Gasteiger partial charge >= 0.3 is 0 Å². The third kappa shape index (κ3) is 3.10. The van der Waals surface area contributed by atoms with Gasteiger partial charge in [-0.25, -0.2) is 0 Å². The molecule has 1 fully saturated rings. The van der Waals surface area contributed by atoms with Crippen LogP contribution in [-0.2, 0) is 6.54 Å². The van der Waals surface area contributed by atoms with Crippen LogP contribution in [0, 0.1) is 0 Å². The van der Waals surface area contributed by atoms with Crippen LogP contribution in [0.5, 0.6) is 0 Å². The van der Waals surface area contributed by atoms with Gasteiger partial charge in [0.2, 0.25) is 0 Å². The number of hydrogen-bond donors (Lipinski definition) is 1. The minimum atomic E-state index is 0.614. The Bertz CT molecular complexity index is 542. The maximum absolute atomic E-state index is 3.67. The second-order valence-corrected chi connectivity index (χ2v) is 6.14. The van der Waals surface area contributed by atoms with E-state index in [2.05, 4.69) is 73.8 Å². The zero-order valence-electron chi connectivity index (χ0n) is 12.3. The van der Waals surface area contributed by atoms with Gasteiger partial charge in [0.25, 0.3) is 0 Å². The molecule has 0 amide bonds. The highest BCUT2D eigenvalue weighted by atomic mass is 15.0. The van der Waals surface area contributed by atoms with Gasteiger partial charge in [-0.1, -0.05) is 68.4 Å². The number of nitrogens with one attached hydrogen (secondary N) is 1. The van der Waals surface area contributed by atoms with Crippen LogP contribution < -0.4 is 5.32 Å². The van der Waals surface area contributed by atoms with Gasteiger partial charge in [0.1, 0.15) is 0 Å². The Morgan fingerprint density at radius 2 is 1.70 bits per heavy atom. The standard InChI is InChI=1S/C19H23N/c1-14(2)16-10-8-15(9-11-16)13-20-19-12-18(19)17-6-4-3-5-7-17/h3-11,14,18-20H,12-13H2,1-2H3. The van der Waals surface area contributed by atoms with Crippen molar-refractivity contribution in [1.29, 1.82) is 0 Å². The molecule has 0 aromatic heterocycles. The lowest BCUT2D eigenvalue weighted by Crippen LogP contribution is -2.17. The maximum Gasteiger partial charge on any atom is 0.0208 e. The van der Waals surface area contributed by atoms with Gasteiger partial charge in [-0.2, -0.15) is 0 Å². The first-order valence-corrected chi connectivity index (χ1v) is 7.61. The predicted molar refractivity (Wildman–Crippen MR) is 85.0 cm³/mol. The van der Waals surface area contributed by atoms with E-state index in [4.69, 9.17) is 0 Å². The average Bonchev–Trinajstić information content (AvgIpc) is 3.26. The fourth-order valence-electron chi connectivity index (χ4n) is 2.76. The Kier molecular flexibility index (Phi) is 3.88. The van der Waals surface area contributed by atoms with Crippen molar-refractivity contribution < 1.29 is 0 Å². The monoisotopic (exact) mass is 265 g/mol. The van der Waals surface area contributed by atoms with Crippen molar-refractivity contribution in [2.75, 3.05) is 0 Å². The highest BCUT2D eigenvalue weighted by Gasteiger charge is 2.37. The normalized spacial score (nSPS) is 21.1. The van der Waals surface area contributed by atoms with Crippen LogP contribution in [0.2, 0.25) is 0 Å². The molecule has 0 saturated heterocycles. The second-order valence-electron chi connectivity index (χ2n) is 6.14. The lowest BCUT2D eigenvalue weighted by Gasteiger charge is -2.08. The first-order valence-electron chi connectivity index (χ1n) is 7.61. The number of hydrogen-bond acceptors (Lipinski definition) is 1. The summed E-state index contributed by atoms with van der Waals surface area (Å²) in [6.07, 6.45) is 1.27. The van der Waals surface area contributed by atoms with Gasteiger partial charge in [-0.3, -0.25) is 0 Å². The van der Waals surface area contributed by atoms with Crippen molar-refractivity contribution >= 4 is 0 Å². The molecule has 2 atom stereocenters. The summed E-state index contributed by atoms with van der Waals surface area (Å²) in [5, 5.41) is 3.67. The lowest BCUT2D eigenvalue weighted by atomic mass is 10.0. The van der Waals surface area contributed by atoms with E-state index in [9.17, 15) is 0 Å². The summed E-state index contributed by atoms with van der Waals surface area (Å²) in [5.41, 5.74) is 4.27. The average molecular weight is 265 g/mol. The number of benzene rings is 2. The highest BCUT2D eigenvalue weighted by molar-refractivity contribution is 5.28. The van der Waals surface area contributed by atoms with Crippen LogP contribution in [0.15, 0.2) is 54.6 Å². The molecule has 0 spiro atoms. The van der Waals surface area contributed by atoms with E-state index in [0.717, 1.165) is 6.54 Å². The molecule has 20 heavy (non-hydrogen) atoms. The Labute approximate surface area is 122 Å². The van der Waals surface area contributed by atoms with E-state index < -0.39 is 0 Å².